The second-order valence-electron chi connectivity index (χ2n) is 11.4. The van der Waals surface area contributed by atoms with Crippen molar-refractivity contribution in [2.75, 3.05) is 6.61 Å². The first-order valence-electron chi connectivity index (χ1n) is 15.0. The molecule has 2 aromatic rings. The number of allylic oxidation sites excluding steroid dienone is 4. The Morgan fingerprint density at radius 3 is 1.89 bits per heavy atom. The maximum absolute atomic E-state index is 14.7. The van der Waals surface area contributed by atoms with Crippen LogP contribution in [0.1, 0.15) is 101 Å². The van der Waals surface area contributed by atoms with Gasteiger partial charge in [0.05, 0.1) is 6.61 Å². The molecule has 4 rings (SSSR count). The summed E-state index contributed by atoms with van der Waals surface area (Å²) < 4.78 is 34.3. The highest BCUT2D eigenvalue weighted by molar-refractivity contribution is 5.33. The molecule has 2 saturated carbocycles. The minimum atomic E-state index is -0.827. The fourth-order valence-corrected chi connectivity index (χ4v) is 6.67. The predicted octanol–water partition coefficient (Wildman–Crippen LogP) is 10.1. The van der Waals surface area contributed by atoms with Gasteiger partial charge in [0, 0.05) is 0 Å². The molecule has 1 nitrogen and oxygen atoms in total. The second kappa shape index (κ2) is 14.7. The van der Waals surface area contributed by atoms with Crippen molar-refractivity contribution in [1.29, 1.82) is 0 Å². The molecule has 0 radical (unpaired) electrons. The third-order valence-electron chi connectivity index (χ3n) is 8.94. The van der Waals surface area contributed by atoms with E-state index in [0.29, 0.717) is 12.2 Å². The Kier molecular flexibility index (Phi) is 11.0. The van der Waals surface area contributed by atoms with E-state index in [0.717, 1.165) is 69.1 Å². The SMILES string of the molecule is CC=CCCc1ccc(CCC=CC2CCC(C3CCC(c4ccc(OCC)c(F)c4F)CC3)CC2)cc1. The number of benzene rings is 2. The quantitative estimate of drug-likeness (QED) is 0.268. The molecule has 0 saturated heterocycles. The summed E-state index contributed by atoms with van der Waals surface area (Å²) in [6.45, 7) is 4.20. The zero-order valence-corrected chi connectivity index (χ0v) is 23.4. The van der Waals surface area contributed by atoms with Gasteiger partial charge in [0.1, 0.15) is 0 Å². The van der Waals surface area contributed by atoms with E-state index in [1.165, 1.54) is 36.8 Å². The number of ether oxygens (including phenoxy) is 1. The van der Waals surface area contributed by atoms with Crippen LogP contribution in [0.3, 0.4) is 0 Å². The van der Waals surface area contributed by atoms with E-state index in [1.807, 2.05) is 0 Å². The maximum atomic E-state index is 14.7. The van der Waals surface area contributed by atoms with Crippen LogP contribution in [-0.2, 0) is 12.8 Å². The summed E-state index contributed by atoms with van der Waals surface area (Å²) in [7, 11) is 0. The topological polar surface area (TPSA) is 9.23 Å². The van der Waals surface area contributed by atoms with Crippen LogP contribution in [0.5, 0.6) is 5.75 Å². The van der Waals surface area contributed by atoms with Gasteiger partial charge in [-0.3, -0.25) is 0 Å². The highest BCUT2D eigenvalue weighted by Gasteiger charge is 2.32. The van der Waals surface area contributed by atoms with Crippen LogP contribution >= 0.6 is 0 Å². The van der Waals surface area contributed by atoms with E-state index < -0.39 is 11.6 Å². The summed E-state index contributed by atoms with van der Waals surface area (Å²) in [5.41, 5.74) is 3.39. The van der Waals surface area contributed by atoms with Gasteiger partial charge >= 0.3 is 0 Å². The lowest BCUT2D eigenvalue weighted by atomic mass is 9.68. The van der Waals surface area contributed by atoms with Crippen molar-refractivity contribution in [2.24, 2.45) is 17.8 Å². The van der Waals surface area contributed by atoms with E-state index in [1.54, 1.807) is 19.1 Å². The molecule has 0 unspecified atom stereocenters. The molecule has 206 valence electrons. The van der Waals surface area contributed by atoms with Crippen molar-refractivity contribution in [3.05, 3.63) is 89.0 Å². The third-order valence-corrected chi connectivity index (χ3v) is 8.94. The molecule has 2 fully saturated rings. The highest BCUT2D eigenvalue weighted by atomic mass is 19.2. The molecule has 2 aliphatic rings. The average molecular weight is 521 g/mol. The second-order valence-corrected chi connectivity index (χ2v) is 11.4. The zero-order chi connectivity index (χ0) is 26.7. The standard InChI is InChI=1S/C35H46F2O/c1-3-5-6-9-26-12-14-27(15-13-26)10-7-8-11-28-16-18-29(19-17-28)30-20-22-31(23-21-30)32-24-25-33(38-4-2)35(37)34(32)36/h3,5,8,11-15,24-25,28-31H,4,6-7,9-10,16-23H2,1-2H3. The average Bonchev–Trinajstić information content (AvgIpc) is 2.95. The van der Waals surface area contributed by atoms with Gasteiger partial charge in [-0.2, -0.15) is 4.39 Å². The van der Waals surface area contributed by atoms with E-state index >= 15 is 0 Å². The van der Waals surface area contributed by atoms with Crippen molar-refractivity contribution in [2.45, 2.75) is 96.8 Å². The Hall–Kier alpha value is -2.42. The molecule has 0 aromatic heterocycles. The third kappa shape index (κ3) is 7.80. The zero-order valence-electron chi connectivity index (χ0n) is 23.4. The Labute approximate surface area is 229 Å². The lowest BCUT2D eigenvalue weighted by Crippen LogP contribution is -2.25. The van der Waals surface area contributed by atoms with Crippen molar-refractivity contribution in [3.8, 4) is 5.75 Å². The lowest BCUT2D eigenvalue weighted by molar-refractivity contribution is 0.170. The van der Waals surface area contributed by atoms with Crippen molar-refractivity contribution >= 4 is 0 Å². The van der Waals surface area contributed by atoms with Crippen LogP contribution in [0.2, 0.25) is 0 Å². The van der Waals surface area contributed by atoms with Crippen LogP contribution in [0, 0.1) is 29.4 Å². The molecular weight excluding hydrogens is 474 g/mol. The molecule has 2 aromatic carbocycles. The summed E-state index contributed by atoms with van der Waals surface area (Å²) in [4.78, 5) is 0. The molecule has 38 heavy (non-hydrogen) atoms. The predicted molar refractivity (Wildman–Crippen MR) is 155 cm³/mol. The van der Waals surface area contributed by atoms with Gasteiger partial charge in [-0.15, -0.1) is 0 Å². The number of halogens is 2. The monoisotopic (exact) mass is 520 g/mol. The van der Waals surface area contributed by atoms with E-state index in [-0.39, 0.29) is 11.7 Å². The molecule has 0 atom stereocenters. The van der Waals surface area contributed by atoms with Gasteiger partial charge in [0.2, 0.25) is 5.82 Å². The van der Waals surface area contributed by atoms with Crippen molar-refractivity contribution < 1.29 is 13.5 Å². The van der Waals surface area contributed by atoms with Gasteiger partial charge in [0.15, 0.2) is 11.6 Å². The van der Waals surface area contributed by atoms with Crippen molar-refractivity contribution in [1.82, 2.24) is 0 Å². The lowest BCUT2D eigenvalue weighted by Gasteiger charge is -2.37. The number of aryl methyl sites for hydroxylation is 2. The molecule has 0 spiro atoms. The van der Waals surface area contributed by atoms with Crippen LogP contribution in [0.15, 0.2) is 60.7 Å². The summed E-state index contributed by atoms with van der Waals surface area (Å²) in [5.74, 6) is 0.887. The summed E-state index contributed by atoms with van der Waals surface area (Å²) in [6, 6.07) is 12.5. The molecule has 0 heterocycles. The number of hydrogen-bond acceptors (Lipinski definition) is 1. The Balaban J connectivity index is 1.16. The van der Waals surface area contributed by atoms with Gasteiger partial charge in [-0.25, -0.2) is 4.39 Å². The molecule has 3 heteroatoms. The minimum Gasteiger partial charge on any atom is -0.491 e. The Bertz CT molecular complexity index is 1040. The molecule has 0 N–H and O–H groups in total. The fourth-order valence-electron chi connectivity index (χ4n) is 6.67. The first-order valence-corrected chi connectivity index (χ1v) is 15.0. The molecule has 2 aliphatic carbocycles. The molecular formula is C35H46F2O. The maximum Gasteiger partial charge on any atom is 0.200 e. The first-order chi connectivity index (χ1) is 18.6. The molecule has 0 bridgehead atoms. The van der Waals surface area contributed by atoms with Gasteiger partial charge in [0.25, 0.3) is 0 Å². The van der Waals surface area contributed by atoms with Gasteiger partial charge in [-0.05, 0) is 137 Å². The van der Waals surface area contributed by atoms with E-state index in [9.17, 15) is 8.78 Å². The Morgan fingerprint density at radius 1 is 0.737 bits per heavy atom. The summed E-state index contributed by atoms with van der Waals surface area (Å²) >= 11 is 0. The van der Waals surface area contributed by atoms with Crippen LogP contribution in [0.4, 0.5) is 8.78 Å². The minimum absolute atomic E-state index is 0.0260. The molecule has 0 amide bonds. The summed E-state index contributed by atoms with van der Waals surface area (Å²) in [6.07, 6.45) is 23.1. The van der Waals surface area contributed by atoms with E-state index in [2.05, 4.69) is 55.5 Å². The summed E-state index contributed by atoms with van der Waals surface area (Å²) in [5, 5.41) is 0. The largest absolute Gasteiger partial charge is 0.491 e. The smallest absolute Gasteiger partial charge is 0.200 e. The number of rotatable bonds is 11. The van der Waals surface area contributed by atoms with Crippen LogP contribution in [0.25, 0.3) is 0 Å². The van der Waals surface area contributed by atoms with Crippen molar-refractivity contribution in [3.63, 3.8) is 0 Å². The normalized spacial score (nSPS) is 24.3. The van der Waals surface area contributed by atoms with Crippen LogP contribution < -0.4 is 4.74 Å². The fraction of sp³-hybridized carbons (Fsp3) is 0.543. The first kappa shape index (κ1) is 28.6. The molecule has 0 aliphatic heterocycles. The van der Waals surface area contributed by atoms with Crippen LogP contribution in [-0.4, -0.2) is 6.61 Å². The van der Waals surface area contributed by atoms with Gasteiger partial charge < -0.3 is 4.74 Å². The van der Waals surface area contributed by atoms with Gasteiger partial charge in [-0.1, -0.05) is 54.6 Å². The highest BCUT2D eigenvalue weighted by Crippen LogP contribution is 2.45. The Morgan fingerprint density at radius 2 is 1.32 bits per heavy atom. The number of hydrogen-bond donors (Lipinski definition) is 0. The van der Waals surface area contributed by atoms with E-state index in [4.69, 9.17) is 4.74 Å².